The fraction of sp³-hybridized carbons (Fsp3) is 0.600. The van der Waals surface area contributed by atoms with Crippen LogP contribution >= 0.6 is 11.3 Å². The normalized spacial score (nSPS) is 13.7. The Kier molecular flexibility index (Phi) is 3.76. The molecule has 2 heteroatoms. The summed E-state index contributed by atoms with van der Waals surface area (Å²) in [4.78, 5) is 1.41. The quantitative estimate of drug-likeness (QED) is 0.763. The third-order valence-electron chi connectivity index (χ3n) is 1.82. The van der Waals surface area contributed by atoms with Gasteiger partial charge in [0.2, 0.25) is 0 Å². The lowest BCUT2D eigenvalue weighted by atomic mass is 10.0. The molecule has 0 amide bonds. The minimum absolute atomic E-state index is 0.337. The van der Waals surface area contributed by atoms with Crippen LogP contribution in [0.4, 0.5) is 0 Å². The van der Waals surface area contributed by atoms with Crippen LogP contribution in [0.25, 0.3) is 0 Å². The molecule has 0 aliphatic rings. The molecular formula is C10H17NS. The van der Waals surface area contributed by atoms with Crippen LogP contribution in [0.2, 0.25) is 0 Å². The zero-order chi connectivity index (χ0) is 8.97. The molecule has 0 unspecified atom stereocenters. The number of hydrogen-bond acceptors (Lipinski definition) is 2. The van der Waals surface area contributed by atoms with Crippen molar-refractivity contribution >= 4 is 11.3 Å². The molecule has 1 atom stereocenters. The van der Waals surface area contributed by atoms with E-state index >= 15 is 0 Å². The fourth-order valence-corrected chi connectivity index (χ4v) is 2.18. The Labute approximate surface area is 78.6 Å². The molecule has 0 aromatic carbocycles. The lowest BCUT2D eigenvalue weighted by Crippen LogP contribution is -2.24. The highest BCUT2D eigenvalue weighted by atomic mass is 32.1. The van der Waals surface area contributed by atoms with E-state index in [1.54, 1.807) is 11.3 Å². The molecule has 1 nitrogen and oxygen atoms in total. The molecule has 1 rings (SSSR count). The minimum atomic E-state index is 0.337. The van der Waals surface area contributed by atoms with Crippen LogP contribution in [0.1, 0.15) is 25.1 Å². The Morgan fingerprint density at radius 2 is 2.25 bits per heavy atom. The second-order valence-electron chi connectivity index (χ2n) is 3.67. The first-order chi connectivity index (χ1) is 5.68. The van der Waals surface area contributed by atoms with Crippen molar-refractivity contribution in [3.63, 3.8) is 0 Å². The van der Waals surface area contributed by atoms with E-state index in [0.29, 0.717) is 12.0 Å². The van der Waals surface area contributed by atoms with Crippen molar-refractivity contribution < 1.29 is 0 Å². The molecule has 2 N–H and O–H groups in total. The lowest BCUT2D eigenvalue weighted by molar-refractivity contribution is 0.495. The largest absolute Gasteiger partial charge is 0.327 e. The van der Waals surface area contributed by atoms with Gasteiger partial charge in [-0.1, -0.05) is 19.9 Å². The molecule has 0 aliphatic carbocycles. The molecule has 0 spiro atoms. The summed E-state index contributed by atoms with van der Waals surface area (Å²) in [6.45, 7) is 4.43. The molecule has 1 aromatic heterocycles. The van der Waals surface area contributed by atoms with Gasteiger partial charge in [-0.3, -0.25) is 0 Å². The Morgan fingerprint density at radius 3 is 2.75 bits per heavy atom. The van der Waals surface area contributed by atoms with Crippen molar-refractivity contribution in [3.05, 3.63) is 22.4 Å². The summed E-state index contributed by atoms with van der Waals surface area (Å²) in [6, 6.07) is 4.58. The molecule has 0 radical (unpaired) electrons. The van der Waals surface area contributed by atoms with Gasteiger partial charge in [0.1, 0.15) is 0 Å². The molecular weight excluding hydrogens is 166 g/mol. The molecule has 68 valence electrons. The first-order valence-corrected chi connectivity index (χ1v) is 5.34. The van der Waals surface area contributed by atoms with Crippen LogP contribution < -0.4 is 5.73 Å². The lowest BCUT2D eigenvalue weighted by Gasteiger charge is -2.12. The zero-order valence-electron chi connectivity index (χ0n) is 7.79. The van der Waals surface area contributed by atoms with Crippen molar-refractivity contribution in [3.8, 4) is 0 Å². The van der Waals surface area contributed by atoms with Gasteiger partial charge in [-0.25, -0.2) is 0 Å². The van der Waals surface area contributed by atoms with Gasteiger partial charge in [-0.05, 0) is 30.2 Å². The van der Waals surface area contributed by atoms with E-state index in [1.807, 2.05) is 0 Å². The van der Waals surface area contributed by atoms with E-state index in [9.17, 15) is 0 Å². The van der Waals surface area contributed by atoms with Crippen molar-refractivity contribution in [1.29, 1.82) is 0 Å². The van der Waals surface area contributed by atoms with E-state index < -0.39 is 0 Å². The van der Waals surface area contributed by atoms with E-state index in [2.05, 4.69) is 31.4 Å². The Bertz CT molecular complexity index is 204. The van der Waals surface area contributed by atoms with Gasteiger partial charge in [-0.15, -0.1) is 11.3 Å². The van der Waals surface area contributed by atoms with Crippen LogP contribution in [-0.2, 0) is 6.42 Å². The summed E-state index contributed by atoms with van der Waals surface area (Å²) in [5, 5.41) is 2.11. The second-order valence-corrected chi connectivity index (χ2v) is 4.71. The standard InChI is InChI=1S/C10H17NS/c1-8(2)6-9(11)7-10-4-3-5-12-10/h3-5,8-9H,6-7,11H2,1-2H3/t9-/m0/s1. The van der Waals surface area contributed by atoms with Crippen molar-refractivity contribution in [1.82, 2.24) is 0 Å². The van der Waals surface area contributed by atoms with E-state index in [-0.39, 0.29) is 0 Å². The summed E-state index contributed by atoms with van der Waals surface area (Å²) in [5.41, 5.74) is 5.97. The minimum Gasteiger partial charge on any atom is -0.327 e. The summed E-state index contributed by atoms with van der Waals surface area (Å²) >= 11 is 1.80. The van der Waals surface area contributed by atoms with Crippen LogP contribution in [0, 0.1) is 5.92 Å². The Hall–Kier alpha value is -0.340. The second kappa shape index (κ2) is 4.63. The smallest absolute Gasteiger partial charge is 0.00896 e. The van der Waals surface area contributed by atoms with Gasteiger partial charge in [0.05, 0.1) is 0 Å². The fourth-order valence-electron chi connectivity index (χ4n) is 1.38. The first kappa shape index (κ1) is 9.75. The zero-order valence-corrected chi connectivity index (χ0v) is 8.60. The van der Waals surface area contributed by atoms with Crippen molar-refractivity contribution in [2.24, 2.45) is 11.7 Å². The van der Waals surface area contributed by atoms with Crippen molar-refractivity contribution in [2.75, 3.05) is 0 Å². The molecule has 0 bridgehead atoms. The van der Waals surface area contributed by atoms with E-state index in [4.69, 9.17) is 5.73 Å². The molecule has 0 fully saturated rings. The molecule has 0 aliphatic heterocycles. The third-order valence-corrected chi connectivity index (χ3v) is 2.72. The highest BCUT2D eigenvalue weighted by molar-refractivity contribution is 7.09. The summed E-state index contributed by atoms with van der Waals surface area (Å²) in [7, 11) is 0. The summed E-state index contributed by atoms with van der Waals surface area (Å²) in [5.74, 6) is 0.708. The molecule has 12 heavy (non-hydrogen) atoms. The van der Waals surface area contributed by atoms with Crippen LogP contribution in [0.5, 0.6) is 0 Å². The number of hydrogen-bond donors (Lipinski definition) is 1. The van der Waals surface area contributed by atoms with Gasteiger partial charge in [0, 0.05) is 10.9 Å². The monoisotopic (exact) mass is 183 g/mol. The molecule has 0 saturated carbocycles. The maximum atomic E-state index is 5.97. The summed E-state index contributed by atoms with van der Waals surface area (Å²) in [6.07, 6.45) is 2.16. The van der Waals surface area contributed by atoms with Gasteiger partial charge >= 0.3 is 0 Å². The molecule has 1 aromatic rings. The van der Waals surface area contributed by atoms with Crippen LogP contribution in [-0.4, -0.2) is 6.04 Å². The highest BCUT2D eigenvalue weighted by Gasteiger charge is 2.06. The summed E-state index contributed by atoms with van der Waals surface area (Å²) < 4.78 is 0. The number of rotatable bonds is 4. The maximum absolute atomic E-state index is 5.97. The maximum Gasteiger partial charge on any atom is 0.00896 e. The third kappa shape index (κ3) is 3.37. The predicted octanol–water partition coefficient (Wildman–Crippen LogP) is 2.66. The van der Waals surface area contributed by atoms with E-state index in [0.717, 1.165) is 12.8 Å². The van der Waals surface area contributed by atoms with Gasteiger partial charge in [-0.2, -0.15) is 0 Å². The SMILES string of the molecule is CC(C)C[C@H](N)Cc1cccs1. The first-order valence-electron chi connectivity index (χ1n) is 4.46. The van der Waals surface area contributed by atoms with Crippen LogP contribution in [0.15, 0.2) is 17.5 Å². The number of nitrogens with two attached hydrogens (primary N) is 1. The van der Waals surface area contributed by atoms with Crippen LogP contribution in [0.3, 0.4) is 0 Å². The van der Waals surface area contributed by atoms with Gasteiger partial charge in [0.15, 0.2) is 0 Å². The highest BCUT2D eigenvalue weighted by Crippen LogP contribution is 2.13. The van der Waals surface area contributed by atoms with Gasteiger partial charge in [0.25, 0.3) is 0 Å². The molecule has 0 saturated heterocycles. The van der Waals surface area contributed by atoms with Crippen molar-refractivity contribution in [2.45, 2.75) is 32.7 Å². The number of thiophene rings is 1. The van der Waals surface area contributed by atoms with E-state index in [1.165, 1.54) is 4.88 Å². The Morgan fingerprint density at radius 1 is 1.50 bits per heavy atom. The average molecular weight is 183 g/mol. The topological polar surface area (TPSA) is 26.0 Å². The predicted molar refractivity (Wildman–Crippen MR) is 55.5 cm³/mol. The molecule has 1 heterocycles. The van der Waals surface area contributed by atoms with Gasteiger partial charge < -0.3 is 5.73 Å². The Balaban J connectivity index is 2.32. The average Bonchev–Trinajstić information content (AvgIpc) is 2.37.